The van der Waals surface area contributed by atoms with Crippen molar-refractivity contribution in [3.05, 3.63) is 377 Å². The highest BCUT2D eigenvalue weighted by atomic mass is 32.1. The lowest BCUT2D eigenvalue weighted by atomic mass is 10.1. The van der Waals surface area contributed by atoms with Crippen LogP contribution >= 0.6 is 11.3 Å². The van der Waals surface area contributed by atoms with Crippen LogP contribution in [0.15, 0.2) is 278 Å². The molecule has 0 spiro atoms. The monoisotopic (exact) mass is 1950 g/mol. The molecule has 0 atom stereocenters. The third-order valence-electron chi connectivity index (χ3n) is 19.6. The smallest absolute Gasteiger partial charge is 0.208 e. The lowest BCUT2D eigenvalue weighted by Crippen LogP contribution is -2.17. The molecule has 17 aromatic heterocycles. The Morgan fingerprint density at radius 1 is 0.301 bits per heavy atom. The maximum atomic E-state index is 5.30. The molecule has 0 unspecified atom stereocenters. The molecule has 1 N–H and O–H groups in total. The lowest BCUT2D eigenvalue weighted by Gasteiger charge is -2.10. The van der Waals surface area contributed by atoms with Crippen LogP contribution in [0, 0.1) is 13.8 Å². The summed E-state index contributed by atoms with van der Waals surface area (Å²) in [6, 6.07) is 63.2. The number of aromatic amines is 1. The average Bonchev–Trinajstić information content (AvgIpc) is 1.18. The second kappa shape index (κ2) is 60.8. The Hall–Kier alpha value is -14.2. The van der Waals surface area contributed by atoms with E-state index in [1.165, 1.54) is 16.4 Å². The highest BCUT2D eigenvalue weighted by molar-refractivity contribution is 7.09. The zero-order valence-corrected chi connectivity index (χ0v) is 88.3. The molecule has 0 bridgehead atoms. The fourth-order valence-corrected chi connectivity index (χ4v) is 14.5. The van der Waals surface area contributed by atoms with Crippen molar-refractivity contribution in [2.45, 2.75) is 105 Å². The topological polar surface area (TPSA) is 321 Å². The Balaban J connectivity index is 0.000000180. The molecule has 0 saturated carbocycles. The Morgan fingerprint density at radius 2 is 0.699 bits per heavy atom. The van der Waals surface area contributed by atoms with Gasteiger partial charge in [-0.25, -0.2) is 44.9 Å². The van der Waals surface area contributed by atoms with E-state index in [4.69, 9.17) is 4.42 Å². The van der Waals surface area contributed by atoms with Gasteiger partial charge < -0.3 is 63.0 Å². The molecule has 0 saturated heterocycles. The zero-order chi connectivity index (χ0) is 103. The Morgan fingerprint density at radius 3 is 1.13 bits per heavy atom. The summed E-state index contributed by atoms with van der Waals surface area (Å²) in [5.41, 5.74) is 19.6. The van der Waals surface area contributed by atoms with Gasteiger partial charge in [0.05, 0.1) is 120 Å². The van der Waals surface area contributed by atoms with E-state index < -0.39 is 0 Å². The fraction of sp³-hybridized carbons (Fsp3) is 0.343. The third kappa shape index (κ3) is 44.7. The first-order chi connectivity index (χ1) is 68.7. The first kappa shape index (κ1) is 112. The first-order valence-corrected chi connectivity index (χ1v) is 48.0. The molecular formula is C108H143N33OS. The van der Waals surface area contributed by atoms with E-state index in [2.05, 4.69) is 207 Å². The molecule has 17 aromatic rings. The van der Waals surface area contributed by atoms with E-state index in [0.29, 0.717) is 13.1 Å². The minimum Gasteiger partial charge on any atom is -0.447 e. The van der Waals surface area contributed by atoms with E-state index in [0.717, 1.165) is 210 Å². The predicted octanol–water partition coefficient (Wildman–Crippen LogP) is 14.8. The van der Waals surface area contributed by atoms with Crippen LogP contribution in [0.3, 0.4) is 0 Å². The van der Waals surface area contributed by atoms with Gasteiger partial charge in [-0.1, -0.05) is 60.7 Å². The van der Waals surface area contributed by atoms with E-state index in [9.17, 15) is 0 Å². The minimum absolute atomic E-state index is 0.694. The van der Waals surface area contributed by atoms with Crippen molar-refractivity contribution in [1.82, 2.24) is 163 Å². The number of oxazole rings is 1. The summed E-state index contributed by atoms with van der Waals surface area (Å²) in [6.07, 6.45) is 23.4. The van der Waals surface area contributed by atoms with Crippen molar-refractivity contribution in [1.29, 1.82) is 0 Å². The average molecular weight is 1950 g/mol. The Labute approximate surface area is 849 Å². The van der Waals surface area contributed by atoms with Crippen LogP contribution in [0.5, 0.6) is 0 Å². The number of imidazole rings is 2. The number of H-pyrrole nitrogens is 1. The van der Waals surface area contributed by atoms with Gasteiger partial charge in [-0.2, -0.15) is 10.2 Å². The molecule has 0 aliphatic carbocycles. The molecule has 17 rings (SSSR count). The van der Waals surface area contributed by atoms with Crippen molar-refractivity contribution >= 4 is 11.3 Å². The second-order valence-corrected chi connectivity index (χ2v) is 37.4. The number of hydrogen-bond acceptors (Lipinski definition) is 31. The van der Waals surface area contributed by atoms with Gasteiger partial charge in [0.15, 0.2) is 0 Å². The van der Waals surface area contributed by atoms with Gasteiger partial charge in [0.1, 0.15) is 40.9 Å². The van der Waals surface area contributed by atoms with E-state index in [1.807, 2.05) is 355 Å². The summed E-state index contributed by atoms with van der Waals surface area (Å²) >= 11 is 1.74. The van der Waals surface area contributed by atoms with Gasteiger partial charge in [0, 0.05) is 160 Å². The predicted molar refractivity (Wildman–Crippen MR) is 570 cm³/mol. The number of rotatable bonds is 32. The molecule has 0 amide bonds. The molecule has 35 heteroatoms. The van der Waals surface area contributed by atoms with Crippen LogP contribution in [-0.2, 0) is 98.4 Å². The SMILES string of the molecule is CN(C)Cc1cn(C)c(CN(C)C)n1.CN(C)Cc1cnc(CN(C)C)[nH]1.CN(C)Cc1coc(CN(C)C)n1.CN(C)Cc1csc(CN(C)C)n1.CN(C)Cc1ncnc(CN(C)C)n1.Cc1cccc(-c2cccc(-c3cccc(C)n3)n2)n1.c1cc(Cn2cccn2)nc(Cn2cccn2)c1.c1ccc(-c2cccc(-c3ccccn3)n2)nc1.c1ccc(Cc2cccc(Cc3ccccn3)n2)nc1. The van der Waals surface area contributed by atoms with Gasteiger partial charge >= 0.3 is 0 Å². The number of pyridine rings is 10. The minimum atomic E-state index is 0.694. The molecular weight excluding hydrogens is 1810 g/mol. The number of nitrogens with zero attached hydrogens (tertiary/aromatic N) is 32. The highest BCUT2D eigenvalue weighted by Crippen LogP contribution is 2.23. The number of nitrogens with one attached hydrogen (secondary N) is 1. The van der Waals surface area contributed by atoms with Crippen LogP contribution < -0.4 is 0 Å². The number of aromatic nitrogens is 23. The maximum Gasteiger partial charge on any atom is 0.208 e. The molecule has 0 radical (unpaired) electrons. The van der Waals surface area contributed by atoms with Gasteiger partial charge in [0.2, 0.25) is 5.89 Å². The number of hydrogen-bond donors (Lipinski definition) is 1. The molecule has 0 aliphatic heterocycles. The second-order valence-electron chi connectivity index (χ2n) is 36.5. The van der Waals surface area contributed by atoms with Crippen molar-refractivity contribution in [2.75, 3.05) is 141 Å². The summed E-state index contributed by atoms with van der Waals surface area (Å²) in [6.45, 7) is 13.9. The van der Waals surface area contributed by atoms with Crippen molar-refractivity contribution in [3.8, 4) is 45.6 Å². The summed E-state index contributed by atoms with van der Waals surface area (Å²) in [5.74, 6) is 4.57. The standard InChI is InChI=1S/2C17H15N3.C15H11N3.C13H13N5.C10H20N4.C9H17N5.C9H18N4.C9H17N3O.C9H17N3S/c1-12-6-3-8-14(18-12)16-10-5-11-17(20-16)15-9-4-7-13(2)19-15;1-3-10-18-14(6-1)12-16-8-5-9-17(20-16)13-15-7-2-4-11-19-15;1-3-10-16-12(6-1)14-8-5-9-15(18-14)13-7-2-4-11-17-13;1-4-12(10-17-8-2-6-14-17)16-13(5-1)11-18-9-3-7-15-18;1-12(2)6-9-7-14(5)10(11-9)8-13(3)4;1-13(2)5-8-10-7-11-9(12-8)6-14(3)4;1-12(2)6-8-5-10-9(11-8)7-13(3)4;2*1-11(2)5-8-7-13-9(10-8)6-12(3)4/h3-11H,1-2H3;1-11H,12-13H2;1-11H;1-9H,10-11H2;7H,6,8H2,1-5H3;7H,5-6H2,1-4H3;5H,6-7H2,1-4H3,(H,10,11);2*7H,5-6H2,1-4H3. The van der Waals surface area contributed by atoms with Crippen LogP contribution in [0.4, 0.5) is 0 Å². The fourth-order valence-electron chi connectivity index (χ4n) is 13.6. The molecule has 34 nitrogen and oxygen atoms in total. The lowest BCUT2D eigenvalue weighted by molar-refractivity contribution is 0.341. The zero-order valence-electron chi connectivity index (χ0n) is 87.5. The number of thiazole rings is 1. The van der Waals surface area contributed by atoms with Crippen LogP contribution in [-0.4, -0.2) is 304 Å². The van der Waals surface area contributed by atoms with Crippen LogP contribution in [0.25, 0.3) is 45.6 Å². The number of aryl methyl sites for hydroxylation is 3. The van der Waals surface area contributed by atoms with Gasteiger partial charge in [0.25, 0.3) is 0 Å². The van der Waals surface area contributed by atoms with Crippen LogP contribution in [0.2, 0.25) is 0 Å². The maximum absolute atomic E-state index is 5.30. The van der Waals surface area contributed by atoms with Crippen molar-refractivity contribution in [2.24, 2.45) is 7.05 Å². The molecule has 752 valence electrons. The van der Waals surface area contributed by atoms with Gasteiger partial charge in [-0.15, -0.1) is 11.3 Å². The van der Waals surface area contributed by atoms with Crippen molar-refractivity contribution in [3.63, 3.8) is 0 Å². The van der Waals surface area contributed by atoms with Gasteiger partial charge in [-0.05, 0) is 288 Å². The largest absolute Gasteiger partial charge is 0.447 e. The Bertz CT molecular complexity index is 5890. The van der Waals surface area contributed by atoms with E-state index in [-0.39, 0.29) is 0 Å². The van der Waals surface area contributed by atoms with E-state index in [1.54, 1.807) is 48.7 Å². The first-order valence-electron chi connectivity index (χ1n) is 47.1. The molecule has 0 fully saturated rings. The highest BCUT2D eigenvalue weighted by Gasteiger charge is 2.14. The summed E-state index contributed by atoms with van der Waals surface area (Å²) in [5, 5.41) is 11.7. The van der Waals surface area contributed by atoms with E-state index >= 15 is 0 Å². The third-order valence-corrected chi connectivity index (χ3v) is 20.4. The summed E-state index contributed by atoms with van der Waals surface area (Å²) in [4.78, 5) is 99.3. The molecule has 17 heterocycles. The molecule has 143 heavy (non-hydrogen) atoms. The van der Waals surface area contributed by atoms with Gasteiger partial charge in [-0.3, -0.25) is 49.2 Å². The quantitative estimate of drug-likeness (QED) is 0.0409. The van der Waals surface area contributed by atoms with Crippen LogP contribution in [0.1, 0.15) is 103 Å². The normalized spacial score (nSPS) is 10.9. The molecule has 0 aliphatic rings. The summed E-state index contributed by atoms with van der Waals surface area (Å²) in [7, 11) is 42.7. The Kier molecular flexibility index (Phi) is 47.8. The summed E-state index contributed by atoms with van der Waals surface area (Å²) < 4.78 is 11.1. The van der Waals surface area contributed by atoms with Crippen molar-refractivity contribution < 1.29 is 4.42 Å². The molecule has 0 aromatic carbocycles.